The third-order valence-electron chi connectivity index (χ3n) is 5.27. The Labute approximate surface area is 143 Å². The Bertz CT molecular complexity index is 641. The summed E-state index contributed by atoms with van der Waals surface area (Å²) in [4.78, 5) is 13.0. The van der Waals surface area contributed by atoms with Crippen LogP contribution in [0.15, 0.2) is 24.0 Å². The summed E-state index contributed by atoms with van der Waals surface area (Å²) in [5.74, 6) is 1.46. The maximum Gasteiger partial charge on any atom is 0.170 e. The summed E-state index contributed by atoms with van der Waals surface area (Å²) in [6.45, 7) is 3.63. The number of methoxy groups -OCH3 is 1. The molecule has 0 bridgehead atoms. The van der Waals surface area contributed by atoms with Crippen LogP contribution in [0, 0.1) is 11.8 Å². The second-order valence-corrected chi connectivity index (χ2v) is 6.76. The summed E-state index contributed by atoms with van der Waals surface area (Å²) in [5.41, 5.74) is 2.40. The minimum absolute atomic E-state index is 0.0851. The number of allylic oxidation sites excluding steroid dienone is 2. The Kier molecular flexibility index (Phi) is 5.24. The van der Waals surface area contributed by atoms with Crippen LogP contribution in [0.2, 0.25) is 0 Å². The first-order chi connectivity index (χ1) is 11.6. The minimum Gasteiger partial charge on any atom is -0.512 e. The molecule has 0 aromatic heterocycles. The molecular formula is C20H26O4. The largest absolute Gasteiger partial charge is 0.512 e. The highest BCUT2D eigenvalue weighted by molar-refractivity contribution is 6.24. The molecule has 1 saturated heterocycles. The van der Waals surface area contributed by atoms with Gasteiger partial charge in [-0.3, -0.25) is 4.79 Å². The third-order valence-corrected chi connectivity index (χ3v) is 5.27. The van der Waals surface area contributed by atoms with Gasteiger partial charge in [-0.1, -0.05) is 13.0 Å². The molecule has 1 aliphatic heterocycles. The second kappa shape index (κ2) is 7.39. The fourth-order valence-corrected chi connectivity index (χ4v) is 3.86. The van der Waals surface area contributed by atoms with Crippen molar-refractivity contribution < 1.29 is 19.4 Å². The van der Waals surface area contributed by atoms with Crippen LogP contribution < -0.4 is 4.74 Å². The van der Waals surface area contributed by atoms with Gasteiger partial charge in [-0.05, 0) is 54.9 Å². The van der Waals surface area contributed by atoms with E-state index in [1.165, 1.54) is 0 Å². The molecule has 1 fully saturated rings. The summed E-state index contributed by atoms with van der Waals surface area (Å²) >= 11 is 0. The van der Waals surface area contributed by atoms with Crippen molar-refractivity contribution in [1.82, 2.24) is 0 Å². The average molecular weight is 330 g/mol. The van der Waals surface area contributed by atoms with E-state index >= 15 is 0 Å². The molecule has 0 radical (unpaired) electrons. The van der Waals surface area contributed by atoms with Crippen LogP contribution in [0.3, 0.4) is 0 Å². The fraction of sp³-hybridized carbons (Fsp3) is 0.550. The van der Waals surface area contributed by atoms with Gasteiger partial charge in [0.05, 0.1) is 12.7 Å². The van der Waals surface area contributed by atoms with E-state index in [1.807, 2.05) is 18.2 Å². The average Bonchev–Trinajstić information content (AvgIpc) is 2.88. The van der Waals surface area contributed by atoms with Gasteiger partial charge in [0.15, 0.2) is 5.78 Å². The zero-order valence-electron chi connectivity index (χ0n) is 14.5. The van der Waals surface area contributed by atoms with Crippen LogP contribution in [-0.2, 0) is 16.0 Å². The van der Waals surface area contributed by atoms with Crippen molar-refractivity contribution in [1.29, 1.82) is 0 Å². The van der Waals surface area contributed by atoms with E-state index in [4.69, 9.17) is 9.47 Å². The van der Waals surface area contributed by atoms with Crippen LogP contribution in [0.5, 0.6) is 5.75 Å². The number of hydrogen-bond acceptors (Lipinski definition) is 4. The molecule has 24 heavy (non-hydrogen) atoms. The molecule has 1 unspecified atom stereocenters. The lowest BCUT2D eigenvalue weighted by atomic mass is 9.85. The van der Waals surface area contributed by atoms with Gasteiger partial charge < -0.3 is 14.6 Å². The van der Waals surface area contributed by atoms with Crippen molar-refractivity contribution in [3.8, 4) is 5.75 Å². The van der Waals surface area contributed by atoms with Crippen molar-refractivity contribution in [2.24, 2.45) is 11.8 Å². The zero-order chi connectivity index (χ0) is 17.1. The standard InChI is InChI=1S/C20H26O4/c1-3-14-4-5-16(23-2)12-17(14)19-18(21)11-15(20(19)22)10-13-6-8-24-9-7-13/h4-5,12-13,15,21H,3,6-11H2,1-2H3. The maximum absolute atomic E-state index is 13.0. The van der Waals surface area contributed by atoms with Gasteiger partial charge in [-0.25, -0.2) is 0 Å². The Morgan fingerprint density at radius 1 is 1.29 bits per heavy atom. The van der Waals surface area contributed by atoms with Crippen molar-refractivity contribution in [3.05, 3.63) is 35.1 Å². The van der Waals surface area contributed by atoms with Crippen LogP contribution in [0.1, 0.15) is 43.7 Å². The highest BCUT2D eigenvalue weighted by Crippen LogP contribution is 2.40. The lowest BCUT2D eigenvalue weighted by Gasteiger charge is -2.24. The zero-order valence-corrected chi connectivity index (χ0v) is 14.5. The molecule has 4 heteroatoms. The van der Waals surface area contributed by atoms with E-state index in [9.17, 15) is 9.90 Å². The molecule has 4 nitrogen and oxygen atoms in total. The van der Waals surface area contributed by atoms with E-state index in [1.54, 1.807) is 7.11 Å². The molecule has 0 saturated carbocycles. The van der Waals surface area contributed by atoms with Gasteiger partial charge >= 0.3 is 0 Å². The molecule has 1 aliphatic carbocycles. The number of hydrogen-bond donors (Lipinski definition) is 1. The minimum atomic E-state index is -0.0981. The summed E-state index contributed by atoms with van der Waals surface area (Å²) in [7, 11) is 1.61. The van der Waals surface area contributed by atoms with E-state index in [0.29, 0.717) is 23.7 Å². The smallest absolute Gasteiger partial charge is 0.170 e. The maximum atomic E-state index is 13.0. The van der Waals surface area contributed by atoms with Gasteiger partial charge in [0, 0.05) is 25.6 Å². The van der Waals surface area contributed by atoms with Gasteiger partial charge in [0.1, 0.15) is 11.5 Å². The number of aliphatic hydroxyl groups is 1. The first-order valence-electron chi connectivity index (χ1n) is 8.85. The fourth-order valence-electron chi connectivity index (χ4n) is 3.86. The first-order valence-corrected chi connectivity index (χ1v) is 8.85. The van der Waals surface area contributed by atoms with Crippen molar-refractivity contribution in [3.63, 3.8) is 0 Å². The SMILES string of the molecule is CCc1ccc(OC)cc1C1=C(O)CC(CC2CCOCC2)C1=O. The summed E-state index contributed by atoms with van der Waals surface area (Å²) in [6, 6.07) is 5.76. The highest BCUT2D eigenvalue weighted by atomic mass is 16.5. The number of benzene rings is 1. The Hall–Kier alpha value is -1.81. The summed E-state index contributed by atoms with van der Waals surface area (Å²) < 4.78 is 10.7. The third kappa shape index (κ3) is 3.34. The number of aryl methyl sites for hydroxylation is 1. The molecule has 2 aliphatic rings. The van der Waals surface area contributed by atoms with Crippen molar-refractivity contribution in [2.45, 2.75) is 39.0 Å². The molecule has 1 N–H and O–H groups in total. The van der Waals surface area contributed by atoms with Crippen LogP contribution in [-0.4, -0.2) is 31.2 Å². The second-order valence-electron chi connectivity index (χ2n) is 6.76. The van der Waals surface area contributed by atoms with Gasteiger partial charge in [-0.2, -0.15) is 0 Å². The Morgan fingerprint density at radius 2 is 2.04 bits per heavy atom. The number of aliphatic hydroxyl groups excluding tert-OH is 1. The van der Waals surface area contributed by atoms with Crippen LogP contribution >= 0.6 is 0 Å². The van der Waals surface area contributed by atoms with E-state index in [0.717, 1.165) is 50.0 Å². The molecule has 130 valence electrons. The van der Waals surface area contributed by atoms with Crippen LogP contribution in [0.4, 0.5) is 0 Å². The highest BCUT2D eigenvalue weighted by Gasteiger charge is 2.36. The lowest BCUT2D eigenvalue weighted by Crippen LogP contribution is -2.21. The molecular weight excluding hydrogens is 304 g/mol. The number of carbonyl (C=O) groups is 1. The summed E-state index contributed by atoms with van der Waals surface area (Å²) in [5, 5.41) is 10.5. The molecule has 1 aromatic carbocycles. The van der Waals surface area contributed by atoms with Gasteiger partial charge in [-0.15, -0.1) is 0 Å². The molecule has 1 heterocycles. The monoisotopic (exact) mass is 330 g/mol. The number of carbonyl (C=O) groups excluding carboxylic acids is 1. The van der Waals surface area contributed by atoms with Crippen molar-refractivity contribution >= 4 is 11.4 Å². The predicted molar refractivity (Wildman–Crippen MR) is 93.2 cm³/mol. The van der Waals surface area contributed by atoms with E-state index in [2.05, 4.69) is 6.92 Å². The molecule has 0 spiro atoms. The number of rotatable bonds is 5. The quantitative estimate of drug-likeness (QED) is 0.888. The molecule has 3 rings (SSSR count). The van der Waals surface area contributed by atoms with Gasteiger partial charge in [0.25, 0.3) is 0 Å². The van der Waals surface area contributed by atoms with Crippen LogP contribution in [0.25, 0.3) is 5.57 Å². The topological polar surface area (TPSA) is 55.8 Å². The van der Waals surface area contributed by atoms with E-state index < -0.39 is 0 Å². The Morgan fingerprint density at radius 3 is 2.71 bits per heavy atom. The number of ketones is 1. The lowest BCUT2D eigenvalue weighted by molar-refractivity contribution is -0.117. The molecule has 1 atom stereocenters. The predicted octanol–water partition coefficient (Wildman–Crippen LogP) is 3.93. The van der Waals surface area contributed by atoms with Crippen molar-refractivity contribution in [2.75, 3.05) is 20.3 Å². The van der Waals surface area contributed by atoms with Gasteiger partial charge in [0.2, 0.25) is 0 Å². The van der Waals surface area contributed by atoms with E-state index in [-0.39, 0.29) is 17.5 Å². The molecule has 0 amide bonds. The Balaban J connectivity index is 1.83. The summed E-state index contributed by atoms with van der Waals surface area (Å²) in [6.07, 6.45) is 4.15. The number of Topliss-reactive ketones (excluding diaryl/α,β-unsaturated/α-hetero) is 1. The normalized spacial score (nSPS) is 22.2. The molecule has 1 aromatic rings. The first kappa shape index (κ1) is 17.0. The number of ether oxygens (including phenoxy) is 2.